The minimum atomic E-state index is 0.326. The fourth-order valence-electron chi connectivity index (χ4n) is 1.66. The van der Waals surface area contributed by atoms with Gasteiger partial charge in [-0.2, -0.15) is 0 Å². The van der Waals surface area contributed by atoms with Gasteiger partial charge in [-0.15, -0.1) is 0 Å². The Kier molecular flexibility index (Phi) is 3.29. The van der Waals surface area contributed by atoms with E-state index in [1.165, 1.54) is 0 Å². The van der Waals surface area contributed by atoms with Crippen LogP contribution in [0.25, 0.3) is 0 Å². The molecular formula is C13H14ClNO2. The number of phenolic OH excluding ortho intramolecular Hbond substituents is 1. The molecule has 0 spiro atoms. The van der Waals surface area contributed by atoms with Gasteiger partial charge in [0.05, 0.1) is 6.54 Å². The molecule has 0 amide bonds. The lowest BCUT2D eigenvalue weighted by Gasteiger charge is -2.11. The summed E-state index contributed by atoms with van der Waals surface area (Å²) >= 11 is 5.68. The van der Waals surface area contributed by atoms with Gasteiger partial charge in [-0.1, -0.05) is 6.07 Å². The summed E-state index contributed by atoms with van der Waals surface area (Å²) in [5.74, 6) is 1.09. The maximum Gasteiger partial charge on any atom is 0.193 e. The van der Waals surface area contributed by atoms with Crippen molar-refractivity contribution in [3.8, 4) is 5.75 Å². The predicted molar refractivity (Wildman–Crippen MR) is 68.6 cm³/mol. The second-order valence-corrected chi connectivity index (χ2v) is 4.34. The average molecular weight is 252 g/mol. The van der Waals surface area contributed by atoms with Gasteiger partial charge in [0.25, 0.3) is 0 Å². The molecule has 0 bridgehead atoms. The molecule has 1 heterocycles. The molecule has 0 atom stereocenters. The van der Waals surface area contributed by atoms with Crippen molar-refractivity contribution in [2.45, 2.75) is 20.4 Å². The van der Waals surface area contributed by atoms with Gasteiger partial charge in [-0.3, -0.25) is 0 Å². The second-order valence-electron chi connectivity index (χ2n) is 3.96. The molecule has 0 fully saturated rings. The minimum Gasteiger partial charge on any atom is -0.507 e. The molecule has 0 saturated carbocycles. The van der Waals surface area contributed by atoms with E-state index in [-0.39, 0.29) is 0 Å². The van der Waals surface area contributed by atoms with Gasteiger partial charge in [-0.05, 0) is 49.2 Å². The molecule has 3 nitrogen and oxygen atoms in total. The van der Waals surface area contributed by atoms with Crippen LogP contribution in [0.1, 0.15) is 16.9 Å². The topological polar surface area (TPSA) is 45.4 Å². The van der Waals surface area contributed by atoms with Crippen LogP contribution in [0.2, 0.25) is 5.22 Å². The van der Waals surface area contributed by atoms with E-state index in [1.807, 2.05) is 32.0 Å². The van der Waals surface area contributed by atoms with Crippen LogP contribution in [0.5, 0.6) is 5.75 Å². The first-order chi connectivity index (χ1) is 8.08. The molecule has 0 aliphatic rings. The largest absolute Gasteiger partial charge is 0.507 e. The van der Waals surface area contributed by atoms with Crippen LogP contribution in [-0.2, 0) is 6.54 Å². The van der Waals surface area contributed by atoms with Crippen molar-refractivity contribution in [1.29, 1.82) is 0 Å². The van der Waals surface area contributed by atoms with E-state index in [1.54, 1.807) is 6.07 Å². The van der Waals surface area contributed by atoms with Crippen molar-refractivity contribution < 1.29 is 9.52 Å². The molecule has 0 unspecified atom stereocenters. The number of halogens is 1. The molecule has 0 saturated heterocycles. The zero-order chi connectivity index (χ0) is 12.4. The Morgan fingerprint density at radius 3 is 2.65 bits per heavy atom. The lowest BCUT2D eigenvalue weighted by atomic mass is 10.1. The number of phenols is 1. The van der Waals surface area contributed by atoms with Crippen LogP contribution in [0.4, 0.5) is 5.69 Å². The number of hydrogen-bond acceptors (Lipinski definition) is 3. The van der Waals surface area contributed by atoms with Crippen LogP contribution >= 0.6 is 11.6 Å². The molecular weight excluding hydrogens is 238 g/mol. The molecule has 0 aliphatic carbocycles. The average Bonchev–Trinajstić information content (AvgIpc) is 2.71. The summed E-state index contributed by atoms with van der Waals surface area (Å²) < 4.78 is 5.24. The maximum absolute atomic E-state index is 9.80. The fourth-order valence-corrected chi connectivity index (χ4v) is 1.82. The van der Waals surface area contributed by atoms with Gasteiger partial charge in [-0.25, -0.2) is 0 Å². The third-order valence-electron chi connectivity index (χ3n) is 2.71. The number of aryl methyl sites for hydroxylation is 1. The highest BCUT2D eigenvalue weighted by molar-refractivity contribution is 6.28. The quantitative estimate of drug-likeness (QED) is 0.871. The second kappa shape index (κ2) is 4.72. The summed E-state index contributed by atoms with van der Waals surface area (Å²) in [5, 5.41) is 13.4. The minimum absolute atomic E-state index is 0.326. The number of furan rings is 1. The monoisotopic (exact) mass is 251 g/mol. The van der Waals surface area contributed by atoms with Gasteiger partial charge >= 0.3 is 0 Å². The molecule has 0 radical (unpaired) electrons. The third kappa shape index (κ3) is 2.56. The van der Waals surface area contributed by atoms with E-state index in [0.29, 0.717) is 17.5 Å². The summed E-state index contributed by atoms with van der Waals surface area (Å²) in [7, 11) is 0. The zero-order valence-electron chi connectivity index (χ0n) is 9.75. The van der Waals surface area contributed by atoms with E-state index in [9.17, 15) is 5.11 Å². The highest BCUT2D eigenvalue weighted by atomic mass is 35.5. The normalized spacial score (nSPS) is 10.5. The van der Waals surface area contributed by atoms with Crippen molar-refractivity contribution in [2.75, 3.05) is 5.32 Å². The van der Waals surface area contributed by atoms with Gasteiger partial charge < -0.3 is 14.8 Å². The van der Waals surface area contributed by atoms with Crippen molar-refractivity contribution in [3.05, 3.63) is 46.4 Å². The molecule has 2 aromatic rings. The van der Waals surface area contributed by atoms with Crippen molar-refractivity contribution in [1.82, 2.24) is 0 Å². The molecule has 17 heavy (non-hydrogen) atoms. The summed E-state index contributed by atoms with van der Waals surface area (Å²) in [4.78, 5) is 0. The summed E-state index contributed by atoms with van der Waals surface area (Å²) in [6.07, 6.45) is 0. The third-order valence-corrected chi connectivity index (χ3v) is 2.92. The Morgan fingerprint density at radius 1 is 1.24 bits per heavy atom. The first kappa shape index (κ1) is 11.9. The zero-order valence-corrected chi connectivity index (χ0v) is 10.5. The Labute approximate surface area is 105 Å². The van der Waals surface area contributed by atoms with Crippen LogP contribution in [0.15, 0.2) is 28.7 Å². The summed E-state index contributed by atoms with van der Waals surface area (Å²) in [5.41, 5.74) is 2.59. The van der Waals surface area contributed by atoms with Gasteiger partial charge in [0.15, 0.2) is 5.22 Å². The number of nitrogens with one attached hydrogen (secondary N) is 1. The Morgan fingerprint density at radius 2 is 2.00 bits per heavy atom. The Hall–Kier alpha value is -1.61. The number of hydrogen-bond donors (Lipinski definition) is 2. The first-order valence-electron chi connectivity index (χ1n) is 5.35. The van der Waals surface area contributed by atoms with Crippen LogP contribution in [-0.4, -0.2) is 5.11 Å². The highest BCUT2D eigenvalue weighted by Crippen LogP contribution is 2.28. The van der Waals surface area contributed by atoms with Crippen LogP contribution < -0.4 is 5.32 Å². The molecule has 0 aliphatic heterocycles. The van der Waals surface area contributed by atoms with Gasteiger partial charge in [0.1, 0.15) is 11.5 Å². The summed E-state index contributed by atoms with van der Waals surface area (Å²) in [6, 6.07) is 7.34. The molecule has 90 valence electrons. The van der Waals surface area contributed by atoms with Crippen molar-refractivity contribution >= 4 is 17.3 Å². The Bertz CT molecular complexity index is 534. The number of anilines is 1. The van der Waals surface area contributed by atoms with Crippen molar-refractivity contribution in [2.24, 2.45) is 0 Å². The SMILES string of the molecule is Cc1ccc(NCc2ccc(Cl)o2)c(C)c1O. The number of rotatable bonds is 3. The first-order valence-corrected chi connectivity index (χ1v) is 5.73. The van der Waals surface area contributed by atoms with E-state index in [0.717, 1.165) is 22.6 Å². The lowest BCUT2D eigenvalue weighted by Crippen LogP contribution is -2.00. The molecule has 2 rings (SSSR count). The van der Waals surface area contributed by atoms with Gasteiger partial charge in [0, 0.05) is 11.3 Å². The number of benzene rings is 1. The maximum atomic E-state index is 9.80. The fraction of sp³-hybridized carbons (Fsp3) is 0.231. The number of aromatic hydroxyl groups is 1. The van der Waals surface area contributed by atoms with E-state index in [2.05, 4.69) is 5.32 Å². The Balaban J connectivity index is 2.12. The molecule has 1 aromatic carbocycles. The standard InChI is InChI=1S/C13H14ClNO2/c1-8-3-5-11(9(2)13(8)16)15-7-10-4-6-12(14)17-10/h3-6,15-16H,7H2,1-2H3. The van der Waals surface area contributed by atoms with E-state index >= 15 is 0 Å². The summed E-state index contributed by atoms with van der Waals surface area (Å²) in [6.45, 7) is 4.29. The van der Waals surface area contributed by atoms with Gasteiger partial charge in [0.2, 0.25) is 0 Å². The van der Waals surface area contributed by atoms with Crippen molar-refractivity contribution in [3.63, 3.8) is 0 Å². The lowest BCUT2D eigenvalue weighted by molar-refractivity contribution is 0.467. The van der Waals surface area contributed by atoms with E-state index < -0.39 is 0 Å². The molecule has 4 heteroatoms. The highest BCUT2D eigenvalue weighted by Gasteiger charge is 2.06. The van der Waals surface area contributed by atoms with Crippen LogP contribution in [0.3, 0.4) is 0 Å². The van der Waals surface area contributed by atoms with Crippen LogP contribution in [0, 0.1) is 13.8 Å². The predicted octanol–water partition coefficient (Wildman–Crippen LogP) is 3.87. The van der Waals surface area contributed by atoms with E-state index in [4.69, 9.17) is 16.0 Å². The molecule has 2 N–H and O–H groups in total. The smallest absolute Gasteiger partial charge is 0.193 e. The molecule has 1 aromatic heterocycles.